The Hall–Kier alpha value is -3.23. The molecule has 1 aliphatic heterocycles. The van der Waals surface area contributed by atoms with E-state index in [1.165, 1.54) is 11.1 Å². The lowest BCUT2D eigenvalue weighted by molar-refractivity contribution is -0.125. The van der Waals surface area contributed by atoms with Gasteiger partial charge >= 0.3 is 0 Å². The molecule has 0 atom stereocenters. The number of pyridine rings is 1. The second-order valence-electron chi connectivity index (χ2n) is 15.2. The van der Waals surface area contributed by atoms with Crippen LogP contribution in [0.5, 0.6) is 5.75 Å². The Labute approximate surface area is 272 Å². The first-order chi connectivity index (χ1) is 22.3. The fourth-order valence-corrected chi connectivity index (χ4v) is 9.10. The second kappa shape index (κ2) is 11.8. The Bertz CT molecular complexity index is 1560. The lowest BCUT2D eigenvalue weighted by Crippen LogP contribution is -2.56. The van der Waals surface area contributed by atoms with Crippen LogP contribution in [0.3, 0.4) is 0 Å². The second-order valence-corrected chi connectivity index (χ2v) is 15.2. The van der Waals surface area contributed by atoms with E-state index in [0.717, 1.165) is 125 Å². The van der Waals surface area contributed by atoms with Gasteiger partial charge in [-0.05, 0) is 124 Å². The summed E-state index contributed by atoms with van der Waals surface area (Å²) in [6, 6.07) is 11.3. The quantitative estimate of drug-likeness (QED) is 0.280. The first-order valence-corrected chi connectivity index (χ1v) is 17.6. The van der Waals surface area contributed by atoms with Gasteiger partial charge in [-0.25, -0.2) is 9.97 Å². The van der Waals surface area contributed by atoms with Crippen LogP contribution < -0.4 is 9.64 Å². The minimum absolute atomic E-state index is 0.00426. The SMILES string of the molecule is COc1ccc(C23CCC(CN(C(=O)C4CCC(N5CC(O)C5)CC4)c4cc(-c5cnc(C6CC6)o5)ccn4)(CC2)CC3)cc1C. The summed E-state index contributed by atoms with van der Waals surface area (Å²) in [5.74, 6) is 3.96. The number of aryl methyl sites for hydroxylation is 1. The third-order valence-corrected chi connectivity index (χ3v) is 12.4. The molecule has 2 aromatic heterocycles. The van der Waals surface area contributed by atoms with E-state index in [4.69, 9.17) is 14.1 Å². The number of hydrogen-bond acceptors (Lipinski definition) is 7. The lowest BCUT2D eigenvalue weighted by atomic mass is 9.51. The molecule has 0 radical (unpaired) electrons. The normalized spacial score (nSPS) is 29.8. The number of nitrogens with zero attached hydrogens (tertiary/aromatic N) is 4. The molecule has 9 rings (SSSR count). The van der Waals surface area contributed by atoms with Gasteiger partial charge in [0, 0.05) is 49.3 Å². The molecule has 46 heavy (non-hydrogen) atoms. The number of carbonyl (C=O) groups is 1. The zero-order chi connectivity index (χ0) is 31.5. The Morgan fingerprint density at radius 3 is 2.39 bits per heavy atom. The van der Waals surface area contributed by atoms with E-state index >= 15 is 0 Å². The number of rotatable bonds is 9. The van der Waals surface area contributed by atoms with Gasteiger partial charge in [-0.3, -0.25) is 14.6 Å². The fraction of sp³-hybridized carbons (Fsp3) is 0.605. The number of oxazole rings is 1. The molecule has 6 fully saturated rings. The Morgan fingerprint density at radius 2 is 1.74 bits per heavy atom. The van der Waals surface area contributed by atoms with Crippen molar-refractivity contribution in [3.05, 3.63) is 59.7 Å². The molecular weight excluding hydrogens is 576 g/mol. The summed E-state index contributed by atoms with van der Waals surface area (Å²) in [5, 5.41) is 9.82. The molecule has 1 N–H and O–H groups in total. The Kier molecular flexibility index (Phi) is 7.72. The summed E-state index contributed by atoms with van der Waals surface area (Å²) >= 11 is 0. The number of carbonyl (C=O) groups excluding carboxylic acids is 1. The molecule has 0 unspecified atom stereocenters. The number of methoxy groups -OCH3 is 1. The van der Waals surface area contributed by atoms with Crippen LogP contribution in [0.1, 0.15) is 100.0 Å². The van der Waals surface area contributed by atoms with Crippen LogP contribution in [0.2, 0.25) is 0 Å². The number of aliphatic hydroxyl groups excluding tert-OH is 1. The molecular formula is C38H48N4O4. The lowest BCUT2D eigenvalue weighted by Gasteiger charge is -2.55. The zero-order valence-corrected chi connectivity index (χ0v) is 27.4. The summed E-state index contributed by atoms with van der Waals surface area (Å²) < 4.78 is 11.7. The third-order valence-electron chi connectivity index (χ3n) is 12.4. The van der Waals surface area contributed by atoms with Gasteiger partial charge in [0.1, 0.15) is 11.6 Å². The van der Waals surface area contributed by atoms with Crippen molar-refractivity contribution in [2.45, 2.75) is 107 Å². The smallest absolute Gasteiger partial charge is 0.231 e. The number of anilines is 1. The summed E-state index contributed by atoms with van der Waals surface area (Å²) in [5.41, 5.74) is 3.91. The average Bonchev–Trinajstić information content (AvgIpc) is 3.82. The molecule has 5 aliphatic carbocycles. The molecule has 1 aromatic carbocycles. The maximum atomic E-state index is 14.6. The molecule has 8 nitrogen and oxygen atoms in total. The highest BCUT2D eigenvalue weighted by Crippen LogP contribution is 2.58. The van der Waals surface area contributed by atoms with Crippen LogP contribution >= 0.6 is 0 Å². The number of ether oxygens (including phenoxy) is 1. The van der Waals surface area contributed by atoms with Gasteiger partial charge in [-0.2, -0.15) is 0 Å². The molecule has 2 bridgehead atoms. The number of aliphatic hydroxyl groups is 1. The van der Waals surface area contributed by atoms with E-state index in [9.17, 15) is 9.90 Å². The van der Waals surface area contributed by atoms with Crippen LogP contribution in [0, 0.1) is 18.3 Å². The fourth-order valence-electron chi connectivity index (χ4n) is 9.10. The van der Waals surface area contributed by atoms with Crippen LogP contribution in [-0.4, -0.2) is 64.8 Å². The molecule has 244 valence electrons. The molecule has 6 aliphatic rings. The van der Waals surface area contributed by atoms with Crippen LogP contribution in [0.15, 0.2) is 47.1 Å². The van der Waals surface area contributed by atoms with Crippen molar-refractivity contribution in [1.29, 1.82) is 0 Å². The first-order valence-electron chi connectivity index (χ1n) is 17.6. The van der Waals surface area contributed by atoms with Gasteiger partial charge in [0.2, 0.25) is 5.91 Å². The molecule has 8 heteroatoms. The Morgan fingerprint density at radius 1 is 1.00 bits per heavy atom. The van der Waals surface area contributed by atoms with E-state index in [2.05, 4.69) is 46.0 Å². The highest BCUT2D eigenvalue weighted by molar-refractivity contribution is 5.94. The molecule has 1 saturated heterocycles. The summed E-state index contributed by atoms with van der Waals surface area (Å²) in [4.78, 5) is 28.4. The van der Waals surface area contributed by atoms with Crippen molar-refractivity contribution < 1.29 is 19.1 Å². The van der Waals surface area contributed by atoms with Crippen molar-refractivity contribution in [2.24, 2.45) is 11.3 Å². The number of β-amino-alcohol motifs (C(OH)–C–C–N with tert-alkyl or cyclic N) is 1. The van der Waals surface area contributed by atoms with Crippen LogP contribution in [-0.2, 0) is 10.2 Å². The van der Waals surface area contributed by atoms with Crippen molar-refractivity contribution in [3.63, 3.8) is 0 Å². The number of hydrogen-bond donors (Lipinski definition) is 1. The van der Waals surface area contributed by atoms with Crippen molar-refractivity contribution in [2.75, 3.05) is 31.6 Å². The first kappa shape index (κ1) is 30.1. The van der Waals surface area contributed by atoms with E-state index in [1.54, 1.807) is 7.11 Å². The van der Waals surface area contributed by atoms with Crippen molar-refractivity contribution >= 4 is 11.7 Å². The number of aromatic nitrogens is 2. The maximum Gasteiger partial charge on any atom is 0.231 e. The molecule has 5 saturated carbocycles. The minimum Gasteiger partial charge on any atom is -0.496 e. The highest BCUT2D eigenvalue weighted by atomic mass is 16.5. The summed E-state index contributed by atoms with van der Waals surface area (Å²) in [6.45, 7) is 4.42. The number of fused-ring (bicyclic) bond motifs is 3. The van der Waals surface area contributed by atoms with Gasteiger partial charge in [0.15, 0.2) is 11.7 Å². The number of benzene rings is 1. The van der Waals surface area contributed by atoms with Gasteiger partial charge in [0.05, 0.1) is 19.4 Å². The number of amides is 1. The average molecular weight is 625 g/mol. The predicted molar refractivity (Wildman–Crippen MR) is 177 cm³/mol. The monoisotopic (exact) mass is 624 g/mol. The molecule has 3 heterocycles. The molecule has 0 spiro atoms. The molecule has 1 amide bonds. The third kappa shape index (κ3) is 5.55. The van der Waals surface area contributed by atoms with Crippen LogP contribution in [0.4, 0.5) is 5.82 Å². The summed E-state index contributed by atoms with van der Waals surface area (Å²) in [7, 11) is 1.74. The van der Waals surface area contributed by atoms with Crippen molar-refractivity contribution in [1.82, 2.24) is 14.9 Å². The van der Waals surface area contributed by atoms with E-state index in [-0.39, 0.29) is 28.8 Å². The minimum atomic E-state index is -0.185. The standard InChI is InChI=1S/C38H48N4O4/c1-25-19-29(7-10-32(25)45-2)38-15-12-37(13-16-38,14-17-38)24-42(36(44)27-5-8-30(9-6-27)41-22-31(43)23-41)34-20-28(11-18-39-34)33-21-40-35(46-33)26-3-4-26/h7,10-11,18-21,26-27,30-31,43H,3-6,8-9,12-17,22-24H2,1-2H3. The van der Waals surface area contributed by atoms with Crippen LogP contribution in [0.25, 0.3) is 11.3 Å². The van der Waals surface area contributed by atoms with E-state index in [1.807, 2.05) is 18.5 Å². The van der Waals surface area contributed by atoms with Gasteiger partial charge in [-0.15, -0.1) is 0 Å². The predicted octanol–water partition coefficient (Wildman–Crippen LogP) is 6.79. The largest absolute Gasteiger partial charge is 0.496 e. The van der Waals surface area contributed by atoms with Gasteiger partial charge < -0.3 is 14.3 Å². The highest BCUT2D eigenvalue weighted by Gasteiger charge is 2.51. The van der Waals surface area contributed by atoms with E-state index < -0.39 is 0 Å². The summed E-state index contributed by atoms with van der Waals surface area (Å²) in [6.07, 6.45) is 16.4. The van der Waals surface area contributed by atoms with Crippen molar-refractivity contribution in [3.8, 4) is 17.1 Å². The van der Waals surface area contributed by atoms with Gasteiger partial charge in [-0.1, -0.05) is 12.1 Å². The van der Waals surface area contributed by atoms with E-state index in [0.29, 0.717) is 12.0 Å². The maximum absolute atomic E-state index is 14.6. The van der Waals surface area contributed by atoms with Gasteiger partial charge in [0.25, 0.3) is 0 Å². The number of likely N-dealkylation sites (tertiary alicyclic amines) is 1. The zero-order valence-electron chi connectivity index (χ0n) is 27.4. The molecule has 3 aromatic rings. The topological polar surface area (TPSA) is 91.9 Å². The Balaban J connectivity index is 1.03.